The van der Waals surface area contributed by atoms with Crippen LogP contribution >= 0.6 is 0 Å². The first-order valence-electron chi connectivity index (χ1n) is 4.38. The molecule has 0 saturated carbocycles. The van der Waals surface area contributed by atoms with Crippen molar-refractivity contribution >= 4 is 10.8 Å². The quantitative estimate of drug-likeness (QED) is 0.531. The average molecular weight is 143 g/mol. The van der Waals surface area contributed by atoms with Gasteiger partial charge in [-0.05, 0) is 17.7 Å². The van der Waals surface area contributed by atoms with Crippen molar-refractivity contribution < 1.29 is 1.37 Å². The molecule has 54 valence electrons. The van der Waals surface area contributed by atoms with Crippen LogP contribution in [0.4, 0.5) is 0 Å². The molecule has 0 aliphatic carbocycles. The third-order valence-corrected chi connectivity index (χ3v) is 1.81. The van der Waals surface area contributed by atoms with E-state index in [1.807, 2.05) is 18.2 Å². The molecule has 0 atom stereocenters. The molecule has 0 aliphatic heterocycles. The summed E-state index contributed by atoms with van der Waals surface area (Å²) >= 11 is 0. The highest BCUT2D eigenvalue weighted by molar-refractivity contribution is 5.82. The lowest BCUT2D eigenvalue weighted by molar-refractivity contribution is 1.51. The van der Waals surface area contributed by atoms with Crippen molar-refractivity contribution in [3.63, 3.8) is 0 Å². The van der Waals surface area contributed by atoms with Crippen LogP contribution < -0.4 is 0 Å². The summed E-state index contributed by atoms with van der Waals surface area (Å²) in [5.41, 5.74) is 1.08. The Labute approximate surface area is 67.9 Å². The predicted octanol–water partition coefficient (Wildman–Crippen LogP) is 3.15. The maximum absolute atomic E-state index is 7.22. The van der Waals surface area contributed by atoms with Crippen LogP contribution in [0, 0.1) is 6.90 Å². The van der Waals surface area contributed by atoms with Gasteiger partial charge in [-0.3, -0.25) is 0 Å². The molecule has 0 amide bonds. The van der Waals surface area contributed by atoms with Gasteiger partial charge in [-0.15, -0.1) is 0 Å². The van der Waals surface area contributed by atoms with Crippen LogP contribution in [0.25, 0.3) is 10.8 Å². The van der Waals surface area contributed by atoms with E-state index in [1.165, 1.54) is 10.8 Å². The molecular formula is C11H10. The highest BCUT2D eigenvalue weighted by atomic mass is 13.9. The number of rotatable bonds is 0. The lowest BCUT2D eigenvalue weighted by Gasteiger charge is -1.96. The van der Waals surface area contributed by atoms with Crippen molar-refractivity contribution in [1.29, 1.82) is 0 Å². The van der Waals surface area contributed by atoms with Crippen LogP contribution in [-0.2, 0) is 0 Å². The second-order valence-electron chi connectivity index (χ2n) is 2.68. The molecule has 0 spiro atoms. The highest BCUT2D eigenvalue weighted by Crippen LogP contribution is 2.14. The molecular weight excluding hydrogens is 132 g/mol. The van der Waals surface area contributed by atoms with Crippen LogP contribution in [0.3, 0.4) is 0 Å². The summed E-state index contributed by atoms with van der Waals surface area (Å²) in [6.45, 7) is 0.366. The number of aryl methyl sites for hydroxylation is 1. The van der Waals surface area contributed by atoms with Gasteiger partial charge in [0.05, 0.1) is 0 Å². The molecule has 0 heterocycles. The molecule has 0 N–H and O–H groups in total. The Kier molecular flexibility index (Phi) is 1.16. The third-order valence-electron chi connectivity index (χ3n) is 1.81. The third kappa shape index (κ3) is 1.12. The number of benzene rings is 2. The smallest absolute Gasteiger partial charge is 0.0280 e. The standard InChI is InChI=1S/C11H10/c1-9-6-7-10-4-2-3-5-11(10)8-9/h2-8H,1H3/i1D. The number of hydrogen-bond acceptors (Lipinski definition) is 0. The average Bonchev–Trinajstić information content (AvgIpc) is 2.17. The summed E-state index contributed by atoms with van der Waals surface area (Å²) in [4.78, 5) is 0. The van der Waals surface area contributed by atoms with Crippen molar-refractivity contribution in [2.45, 2.75) is 6.90 Å². The Morgan fingerprint density at radius 2 is 1.82 bits per heavy atom. The van der Waals surface area contributed by atoms with E-state index < -0.39 is 0 Å². The maximum Gasteiger partial charge on any atom is 0.0280 e. The van der Waals surface area contributed by atoms with E-state index >= 15 is 0 Å². The van der Waals surface area contributed by atoms with Crippen LogP contribution in [-0.4, -0.2) is 0 Å². The summed E-state index contributed by atoms with van der Waals surface area (Å²) in [6, 6.07) is 14.4. The zero-order valence-electron chi connectivity index (χ0n) is 7.25. The summed E-state index contributed by atoms with van der Waals surface area (Å²) in [5.74, 6) is 0. The molecule has 11 heavy (non-hydrogen) atoms. The predicted molar refractivity (Wildman–Crippen MR) is 48.7 cm³/mol. The Hall–Kier alpha value is -1.30. The van der Waals surface area contributed by atoms with Gasteiger partial charge in [0.25, 0.3) is 0 Å². The van der Waals surface area contributed by atoms with E-state index in [9.17, 15) is 0 Å². The zero-order chi connectivity index (χ0) is 8.39. The summed E-state index contributed by atoms with van der Waals surface area (Å²) < 4.78 is 7.22. The summed E-state index contributed by atoms with van der Waals surface area (Å²) in [6.07, 6.45) is 0. The van der Waals surface area contributed by atoms with Gasteiger partial charge in [-0.2, -0.15) is 0 Å². The monoisotopic (exact) mass is 143 g/mol. The van der Waals surface area contributed by atoms with Crippen molar-refractivity contribution in [3.8, 4) is 0 Å². The Balaban J connectivity index is 2.67. The molecule has 0 aromatic heterocycles. The van der Waals surface area contributed by atoms with E-state index in [1.54, 1.807) is 0 Å². The normalized spacial score (nSPS) is 11.5. The Morgan fingerprint density at radius 3 is 2.64 bits per heavy atom. The fraction of sp³-hybridized carbons (Fsp3) is 0.0909. The van der Waals surface area contributed by atoms with Crippen molar-refractivity contribution in [2.24, 2.45) is 0 Å². The van der Waals surface area contributed by atoms with Gasteiger partial charge in [-0.1, -0.05) is 48.0 Å². The van der Waals surface area contributed by atoms with E-state index in [4.69, 9.17) is 1.37 Å². The molecule has 2 aromatic rings. The van der Waals surface area contributed by atoms with Crippen LogP contribution in [0.5, 0.6) is 0 Å². The molecule has 0 bridgehead atoms. The first kappa shape index (κ1) is 5.36. The number of fused-ring (bicyclic) bond motifs is 1. The van der Waals surface area contributed by atoms with E-state index in [2.05, 4.69) is 24.3 Å². The van der Waals surface area contributed by atoms with Gasteiger partial charge in [0, 0.05) is 1.37 Å². The molecule has 0 nitrogen and oxygen atoms in total. The minimum absolute atomic E-state index is 0.366. The SMILES string of the molecule is [2H]Cc1ccc2ccccc2c1. The lowest BCUT2D eigenvalue weighted by atomic mass is 10.1. The van der Waals surface area contributed by atoms with Crippen molar-refractivity contribution in [1.82, 2.24) is 0 Å². The molecule has 0 radical (unpaired) electrons. The summed E-state index contributed by atoms with van der Waals surface area (Å²) in [7, 11) is 0. The van der Waals surface area contributed by atoms with Gasteiger partial charge in [-0.25, -0.2) is 0 Å². The Morgan fingerprint density at radius 1 is 1.00 bits per heavy atom. The largest absolute Gasteiger partial charge is 0.0616 e. The molecule has 0 unspecified atom stereocenters. The first-order chi connectivity index (χ1) is 5.90. The maximum atomic E-state index is 7.22. The van der Waals surface area contributed by atoms with Gasteiger partial charge in [0.1, 0.15) is 0 Å². The van der Waals surface area contributed by atoms with Gasteiger partial charge >= 0.3 is 0 Å². The van der Waals surface area contributed by atoms with E-state index in [0.717, 1.165) is 5.56 Å². The summed E-state index contributed by atoms with van der Waals surface area (Å²) in [5, 5.41) is 2.47. The van der Waals surface area contributed by atoms with Gasteiger partial charge < -0.3 is 0 Å². The lowest BCUT2D eigenvalue weighted by Crippen LogP contribution is -1.73. The Bertz CT molecular complexity index is 393. The minimum atomic E-state index is 0.366. The minimum Gasteiger partial charge on any atom is -0.0616 e. The first-order valence-corrected chi connectivity index (χ1v) is 3.67. The zero-order valence-corrected chi connectivity index (χ0v) is 6.25. The van der Waals surface area contributed by atoms with Crippen LogP contribution in [0.1, 0.15) is 6.93 Å². The second-order valence-corrected chi connectivity index (χ2v) is 2.68. The van der Waals surface area contributed by atoms with Crippen LogP contribution in [0.15, 0.2) is 42.5 Å². The molecule has 0 aliphatic rings. The van der Waals surface area contributed by atoms with Crippen molar-refractivity contribution in [3.05, 3.63) is 48.0 Å². The molecule has 2 aromatic carbocycles. The van der Waals surface area contributed by atoms with Gasteiger partial charge in [0.2, 0.25) is 0 Å². The fourth-order valence-corrected chi connectivity index (χ4v) is 1.24. The molecule has 0 saturated heterocycles. The van der Waals surface area contributed by atoms with E-state index in [0.29, 0.717) is 6.90 Å². The second kappa shape index (κ2) is 2.39. The molecule has 2 rings (SSSR count). The molecule has 0 fully saturated rings. The fourth-order valence-electron chi connectivity index (χ4n) is 1.24. The number of hydrogen-bond donors (Lipinski definition) is 0. The topological polar surface area (TPSA) is 0 Å². The van der Waals surface area contributed by atoms with E-state index in [-0.39, 0.29) is 0 Å². The van der Waals surface area contributed by atoms with Crippen molar-refractivity contribution in [2.75, 3.05) is 0 Å². The highest BCUT2D eigenvalue weighted by Gasteiger charge is 1.89. The van der Waals surface area contributed by atoms with Gasteiger partial charge in [0.15, 0.2) is 0 Å². The molecule has 0 heteroatoms. The van der Waals surface area contributed by atoms with Crippen LogP contribution in [0.2, 0.25) is 0 Å².